The Balaban J connectivity index is 1.78. The Hall–Kier alpha value is -3.14. The Kier molecular flexibility index (Phi) is 4.45. The predicted molar refractivity (Wildman–Crippen MR) is 102 cm³/mol. The quantitative estimate of drug-likeness (QED) is 0.525. The van der Waals surface area contributed by atoms with Crippen LogP contribution in [-0.4, -0.2) is 42.9 Å². The van der Waals surface area contributed by atoms with E-state index in [9.17, 15) is 18.0 Å². The van der Waals surface area contributed by atoms with Gasteiger partial charge in [0.15, 0.2) is 5.65 Å². The summed E-state index contributed by atoms with van der Waals surface area (Å²) in [5, 5.41) is 7.70. The Labute approximate surface area is 166 Å². The molecule has 0 spiro atoms. The van der Waals surface area contributed by atoms with Gasteiger partial charge in [-0.3, -0.25) is 9.48 Å². The minimum atomic E-state index is -4.55. The number of halogens is 4. The number of amides is 1. The van der Waals surface area contributed by atoms with Crippen molar-refractivity contribution in [2.24, 2.45) is 7.05 Å². The second-order valence-corrected chi connectivity index (χ2v) is 6.96. The molecule has 0 fully saturated rings. The van der Waals surface area contributed by atoms with Crippen molar-refractivity contribution >= 4 is 39.6 Å². The van der Waals surface area contributed by atoms with Gasteiger partial charge in [0.2, 0.25) is 0 Å². The molecule has 7 nitrogen and oxygen atoms in total. The monoisotopic (exact) mass is 422 g/mol. The highest BCUT2D eigenvalue weighted by molar-refractivity contribution is 6.31. The van der Waals surface area contributed by atoms with Crippen molar-refractivity contribution in [1.82, 2.24) is 30.0 Å². The summed E-state index contributed by atoms with van der Waals surface area (Å²) in [6.45, 7) is 0.870. The van der Waals surface area contributed by atoms with Gasteiger partial charge in [0, 0.05) is 23.7 Å². The lowest BCUT2D eigenvalue weighted by Gasteiger charge is -2.16. The number of H-pyrrole nitrogens is 1. The van der Waals surface area contributed by atoms with Gasteiger partial charge < -0.3 is 10.3 Å². The molecule has 0 saturated heterocycles. The van der Waals surface area contributed by atoms with E-state index in [1.54, 1.807) is 29.9 Å². The van der Waals surface area contributed by atoms with E-state index in [-0.39, 0.29) is 16.7 Å². The number of hydrogen-bond donors (Lipinski definition) is 2. The van der Waals surface area contributed by atoms with E-state index >= 15 is 0 Å². The van der Waals surface area contributed by atoms with Crippen LogP contribution in [0.15, 0.2) is 30.6 Å². The van der Waals surface area contributed by atoms with Crippen LogP contribution in [0.3, 0.4) is 0 Å². The molecule has 2 N–H and O–H groups in total. The van der Waals surface area contributed by atoms with Crippen molar-refractivity contribution in [2.75, 3.05) is 0 Å². The Morgan fingerprint density at radius 3 is 2.83 bits per heavy atom. The summed E-state index contributed by atoms with van der Waals surface area (Å²) < 4.78 is 39.9. The number of carbonyl (C=O) groups is 1. The summed E-state index contributed by atoms with van der Waals surface area (Å²) in [5.41, 5.74) is 2.07. The van der Waals surface area contributed by atoms with Gasteiger partial charge >= 0.3 is 6.18 Å². The van der Waals surface area contributed by atoms with Gasteiger partial charge in [-0.1, -0.05) is 11.6 Å². The third-order valence-electron chi connectivity index (χ3n) is 4.52. The fraction of sp³-hybridized carbons (Fsp3) is 0.222. The average molecular weight is 423 g/mol. The highest BCUT2D eigenvalue weighted by Crippen LogP contribution is 2.29. The molecule has 4 aromatic rings. The van der Waals surface area contributed by atoms with Gasteiger partial charge in [0.25, 0.3) is 5.91 Å². The van der Waals surface area contributed by atoms with Gasteiger partial charge in [0.1, 0.15) is 22.9 Å². The zero-order chi connectivity index (χ0) is 20.9. The number of carbonyl (C=O) groups excluding carboxylic acids is 1. The molecule has 1 unspecified atom stereocenters. The summed E-state index contributed by atoms with van der Waals surface area (Å²) in [6, 6.07) is 3.27. The van der Waals surface area contributed by atoms with Crippen LogP contribution in [0.25, 0.3) is 33.5 Å². The number of nitrogens with one attached hydrogen (secondary N) is 2. The summed E-state index contributed by atoms with van der Waals surface area (Å²) >= 11 is 6.04. The molecule has 150 valence electrons. The minimum absolute atomic E-state index is 0.0336. The summed E-state index contributed by atoms with van der Waals surface area (Å²) in [4.78, 5) is 23.8. The van der Waals surface area contributed by atoms with Crippen LogP contribution >= 0.6 is 11.6 Å². The number of alkyl halides is 3. The van der Waals surface area contributed by atoms with E-state index in [1.807, 2.05) is 5.32 Å². The number of fused-ring (bicyclic) bond motifs is 2. The number of hydrogen-bond acceptors (Lipinski definition) is 4. The summed E-state index contributed by atoms with van der Waals surface area (Å²) in [5.74, 6) is -0.898. The molecule has 3 aromatic heterocycles. The molecule has 0 aliphatic heterocycles. The SMILES string of the molecule is CC(NC(=O)c1c[nH]c2ncc(-c3nn(C)c4cc(Cl)ccc34)nc12)C(F)(F)F. The fourth-order valence-corrected chi connectivity index (χ4v) is 3.12. The van der Waals surface area contributed by atoms with Crippen LogP contribution in [0.2, 0.25) is 5.02 Å². The average Bonchev–Trinajstić information content (AvgIpc) is 3.21. The smallest absolute Gasteiger partial charge is 0.344 e. The molecule has 3 heterocycles. The van der Waals surface area contributed by atoms with Crippen molar-refractivity contribution in [3.63, 3.8) is 0 Å². The predicted octanol–water partition coefficient (Wildman–Crippen LogP) is 3.85. The third-order valence-corrected chi connectivity index (χ3v) is 4.76. The maximum Gasteiger partial charge on any atom is 0.408 e. The van der Waals surface area contributed by atoms with E-state index in [0.29, 0.717) is 16.4 Å². The summed E-state index contributed by atoms with van der Waals surface area (Å²) in [6.07, 6.45) is -1.79. The van der Waals surface area contributed by atoms with E-state index in [1.165, 1.54) is 12.4 Å². The molecule has 0 bridgehead atoms. The lowest BCUT2D eigenvalue weighted by Crippen LogP contribution is -2.43. The molecule has 1 atom stereocenters. The molecule has 0 radical (unpaired) electrons. The van der Waals surface area contributed by atoms with Gasteiger partial charge in [-0.2, -0.15) is 18.3 Å². The third kappa shape index (κ3) is 3.39. The molecule has 1 amide bonds. The number of rotatable bonds is 3. The van der Waals surface area contributed by atoms with Gasteiger partial charge in [-0.05, 0) is 25.1 Å². The minimum Gasteiger partial charge on any atom is -0.344 e. The second kappa shape index (κ2) is 6.73. The normalized spacial score (nSPS) is 13.2. The molecule has 1 aromatic carbocycles. The lowest BCUT2D eigenvalue weighted by molar-refractivity contribution is -0.149. The van der Waals surface area contributed by atoms with Gasteiger partial charge in [-0.25, -0.2) is 9.97 Å². The van der Waals surface area contributed by atoms with Crippen LogP contribution in [0, 0.1) is 0 Å². The van der Waals surface area contributed by atoms with Crippen LogP contribution in [0.1, 0.15) is 17.3 Å². The van der Waals surface area contributed by atoms with E-state index in [2.05, 4.69) is 20.1 Å². The zero-order valence-electron chi connectivity index (χ0n) is 15.2. The number of nitrogens with zero attached hydrogens (tertiary/aromatic N) is 4. The Morgan fingerprint density at radius 2 is 2.10 bits per heavy atom. The van der Waals surface area contributed by atoms with Crippen molar-refractivity contribution in [1.29, 1.82) is 0 Å². The molecule has 0 aliphatic rings. The van der Waals surface area contributed by atoms with Crippen LogP contribution in [0.4, 0.5) is 13.2 Å². The van der Waals surface area contributed by atoms with Crippen molar-refractivity contribution in [3.8, 4) is 11.4 Å². The highest BCUT2D eigenvalue weighted by atomic mass is 35.5. The molecule has 0 aliphatic carbocycles. The number of aromatic amines is 1. The van der Waals surface area contributed by atoms with E-state index < -0.39 is 18.1 Å². The zero-order valence-corrected chi connectivity index (χ0v) is 15.9. The fourth-order valence-electron chi connectivity index (χ4n) is 2.95. The Morgan fingerprint density at radius 1 is 1.34 bits per heavy atom. The number of aryl methyl sites for hydroxylation is 1. The topological polar surface area (TPSA) is 88.5 Å². The van der Waals surface area contributed by atoms with E-state index in [0.717, 1.165) is 17.8 Å². The van der Waals surface area contributed by atoms with Gasteiger partial charge in [0.05, 0.1) is 17.3 Å². The number of benzene rings is 1. The highest BCUT2D eigenvalue weighted by Gasteiger charge is 2.37. The van der Waals surface area contributed by atoms with Crippen LogP contribution in [0.5, 0.6) is 0 Å². The summed E-state index contributed by atoms with van der Waals surface area (Å²) in [7, 11) is 1.75. The molecule has 29 heavy (non-hydrogen) atoms. The molecular weight excluding hydrogens is 409 g/mol. The Bertz CT molecular complexity index is 1250. The lowest BCUT2D eigenvalue weighted by atomic mass is 10.1. The standard InChI is InChI=1S/C18H14ClF3N6O/c1-8(18(20,21)22)25-17(29)11-6-23-16-15(11)26-12(7-24-16)14-10-4-3-9(19)5-13(10)28(2)27-14/h3-8H,1-2H3,(H,23,24)(H,25,29). The van der Waals surface area contributed by atoms with Gasteiger partial charge in [-0.15, -0.1) is 0 Å². The number of aromatic nitrogens is 5. The van der Waals surface area contributed by atoms with Crippen molar-refractivity contribution in [2.45, 2.75) is 19.1 Å². The van der Waals surface area contributed by atoms with Crippen molar-refractivity contribution < 1.29 is 18.0 Å². The largest absolute Gasteiger partial charge is 0.408 e. The molecule has 11 heteroatoms. The first-order valence-electron chi connectivity index (χ1n) is 8.49. The van der Waals surface area contributed by atoms with Crippen LogP contribution in [-0.2, 0) is 7.05 Å². The first-order chi connectivity index (χ1) is 13.6. The first kappa shape index (κ1) is 19.2. The van der Waals surface area contributed by atoms with Crippen LogP contribution < -0.4 is 5.32 Å². The second-order valence-electron chi connectivity index (χ2n) is 6.53. The molecule has 0 saturated carbocycles. The molecule has 4 rings (SSSR count). The maximum atomic E-state index is 12.8. The molecular formula is C18H14ClF3N6O. The maximum absolute atomic E-state index is 12.8. The van der Waals surface area contributed by atoms with Crippen molar-refractivity contribution in [3.05, 3.63) is 41.2 Å². The van der Waals surface area contributed by atoms with E-state index in [4.69, 9.17) is 11.6 Å². The first-order valence-corrected chi connectivity index (χ1v) is 8.87.